The molecule has 32 heavy (non-hydrogen) atoms. The largest absolute Gasteiger partial charge is 1.00 e. The van der Waals surface area contributed by atoms with E-state index in [2.05, 4.69) is 19.3 Å². The maximum Gasteiger partial charge on any atom is 1.00 e. The normalized spacial score (nSPS) is 28.7. The molecule has 0 aromatic rings. The van der Waals surface area contributed by atoms with Gasteiger partial charge < -0.3 is 39.4 Å². The van der Waals surface area contributed by atoms with Crippen molar-refractivity contribution in [1.29, 1.82) is 1.43 Å². The van der Waals surface area contributed by atoms with Crippen LogP contribution in [0, 0.1) is 0 Å². The maximum absolute atomic E-state index is 10.7. The number of carboxylic acids is 2. The van der Waals surface area contributed by atoms with Crippen molar-refractivity contribution < 1.29 is 115 Å². The molecule has 2 fully saturated rings. The van der Waals surface area contributed by atoms with E-state index in [9.17, 15) is 33.9 Å². The van der Waals surface area contributed by atoms with Crippen molar-refractivity contribution in [3.8, 4) is 0 Å². The summed E-state index contributed by atoms with van der Waals surface area (Å²) < 4.78 is 127. The van der Waals surface area contributed by atoms with Gasteiger partial charge in [0.15, 0.2) is 0 Å². The quantitative estimate of drug-likeness (QED) is 0.137. The van der Waals surface area contributed by atoms with Crippen LogP contribution in [0.1, 0.15) is 72.9 Å². The van der Waals surface area contributed by atoms with Gasteiger partial charge >= 0.3 is 59.4 Å². The summed E-state index contributed by atoms with van der Waals surface area (Å²) >= 11 is 0. The molecule has 2 saturated heterocycles. The number of carbonyl (C=O) groups is 6. The molecular formula is C18H29NaO13. The van der Waals surface area contributed by atoms with Crippen LogP contribution < -0.4 is 34.7 Å². The van der Waals surface area contributed by atoms with E-state index in [1.54, 1.807) is 0 Å². The van der Waals surface area contributed by atoms with Crippen molar-refractivity contribution in [3.05, 3.63) is 0 Å². The second kappa shape index (κ2) is 27.0. The maximum atomic E-state index is 10.7. The van der Waals surface area contributed by atoms with Gasteiger partial charge in [-0.25, -0.2) is 0 Å². The standard InChI is InChI=1S/C5H8O4.C4H4O3.C4H8O3.C4H6O2.CH4O.Na/c1-9-5(8)3-2-4(6)7;5-3-1-2-4(6)7-3;5-3-1-2-4(6)7;5-4-2-1-3-6-4;1-2;/h2-3H2,1H3,(H,6,7);1-2H2;5H,1-3H2,(H,6,7);1-3H2;2H,1H3;/q;;;;;+1/p-1/i2D2,3D2;3*1D2,2D2;2D;. The molecule has 180 valence electrons. The number of aliphatic hydroxyl groups is 2. The number of aliphatic hydroxyl groups excluding tert-OH is 2. The molecule has 2 aliphatic rings. The molecular weight excluding hydrogens is 447 g/mol. The van der Waals surface area contributed by atoms with Gasteiger partial charge in [-0.3, -0.25) is 24.0 Å². The molecule has 2 aliphatic heterocycles. The van der Waals surface area contributed by atoms with E-state index in [4.69, 9.17) is 33.6 Å². The Hall–Kier alpha value is -2.06. The SMILES string of the molecule is [2H]C([2H])(C(=O)O)C([2H])([2H])C(=O)OC.[2H]C([2H])(CO)C([2H])([2H])C(=O)[O-].[2H]C1([2H])C(=O)OC(=O)C1([2H])[2H].[2H]C1([2H])COC(=O)C1([2H])[2H].[2H]OC.[Na+]. The Morgan fingerprint density at radius 3 is 1.84 bits per heavy atom. The van der Waals surface area contributed by atoms with Gasteiger partial charge in [-0.15, -0.1) is 0 Å². The van der Waals surface area contributed by atoms with Crippen LogP contribution in [0.4, 0.5) is 0 Å². The second-order valence-electron chi connectivity index (χ2n) is 3.60. The molecule has 0 aromatic heterocycles. The van der Waals surface area contributed by atoms with E-state index < -0.39 is 100 Å². The van der Waals surface area contributed by atoms with Gasteiger partial charge in [0.1, 0.15) is 0 Å². The Balaban J connectivity index is -0.000000267. The molecule has 0 radical (unpaired) electrons. The number of cyclic esters (lactones) is 3. The van der Waals surface area contributed by atoms with Crippen molar-refractivity contribution in [2.24, 2.45) is 0 Å². The number of esters is 4. The number of carbonyl (C=O) groups excluding carboxylic acids is 5. The van der Waals surface area contributed by atoms with Gasteiger partial charge in [0.25, 0.3) is 0 Å². The van der Waals surface area contributed by atoms with E-state index in [0.29, 0.717) is 0 Å². The summed E-state index contributed by atoms with van der Waals surface area (Å²) in [6.45, 7) is -1.69. The third kappa shape index (κ3) is 32.6. The average Bonchev–Trinajstić information content (AvgIpc) is 3.22. The van der Waals surface area contributed by atoms with Crippen LogP contribution >= 0.6 is 0 Å². The second-order valence-corrected chi connectivity index (χ2v) is 3.60. The summed E-state index contributed by atoms with van der Waals surface area (Å²) in [5, 5.41) is 30.1. The van der Waals surface area contributed by atoms with Crippen molar-refractivity contribution in [3.63, 3.8) is 0 Å². The molecule has 13 nitrogen and oxygen atoms in total. The molecule has 0 bridgehead atoms. The van der Waals surface area contributed by atoms with E-state index in [-0.39, 0.29) is 29.6 Å². The fourth-order valence-corrected chi connectivity index (χ4v) is 0.750. The van der Waals surface area contributed by atoms with Gasteiger partial charge in [-0.05, 0) is 19.1 Å². The predicted octanol–water partition coefficient (Wildman–Crippen LogP) is -4.68. The predicted molar refractivity (Wildman–Crippen MR) is 98.9 cm³/mol. The van der Waals surface area contributed by atoms with Gasteiger partial charge in [0.2, 0.25) is 1.43 Å². The van der Waals surface area contributed by atoms with Crippen molar-refractivity contribution >= 4 is 35.8 Å². The summed E-state index contributed by atoms with van der Waals surface area (Å²) in [5.74, 6) is -9.82. The molecule has 0 aliphatic carbocycles. The minimum atomic E-state index is -3.31. The fourth-order valence-electron chi connectivity index (χ4n) is 0.750. The van der Waals surface area contributed by atoms with Gasteiger partial charge in [-0.2, -0.15) is 0 Å². The van der Waals surface area contributed by atoms with Crippen LogP contribution in [-0.2, 0) is 43.0 Å². The van der Waals surface area contributed by atoms with E-state index in [0.717, 1.165) is 7.11 Å². The zero-order valence-electron chi connectivity index (χ0n) is 33.8. The number of hydrogen-bond acceptors (Lipinski definition) is 12. The monoisotopic (exact) mass is 493 g/mol. The Kier molecular flexibility index (Phi) is 11.5. The van der Waals surface area contributed by atoms with Crippen LogP contribution in [0.15, 0.2) is 0 Å². The molecule has 2 heterocycles. The third-order valence-corrected chi connectivity index (χ3v) is 1.64. The average molecular weight is 494 g/mol. The topological polar surface area (TPSA) is 214 Å². The summed E-state index contributed by atoms with van der Waals surface area (Å²) in [6, 6.07) is 0. The zero-order chi connectivity index (χ0) is 39.7. The van der Waals surface area contributed by atoms with Crippen LogP contribution in [-0.4, -0.2) is 80.0 Å². The minimum Gasteiger partial charge on any atom is -0.550 e. The Morgan fingerprint density at radius 1 is 1.12 bits per heavy atom. The zero-order valence-corrected chi connectivity index (χ0v) is 18.8. The summed E-state index contributed by atoms with van der Waals surface area (Å²) in [5.41, 5.74) is 0. The van der Waals surface area contributed by atoms with Crippen LogP contribution in [0.2, 0.25) is 0 Å². The third-order valence-electron chi connectivity index (χ3n) is 1.64. The molecule has 0 aromatic carbocycles. The van der Waals surface area contributed by atoms with Gasteiger partial charge in [0, 0.05) is 48.0 Å². The van der Waals surface area contributed by atoms with E-state index >= 15 is 0 Å². The minimum absolute atomic E-state index is 0. The van der Waals surface area contributed by atoms with Crippen LogP contribution in [0.25, 0.3) is 0 Å². The summed E-state index contributed by atoms with van der Waals surface area (Å²) in [7, 11) is 2.14. The molecule has 0 unspecified atom stereocenters. The van der Waals surface area contributed by atoms with Crippen molar-refractivity contribution in [2.75, 3.05) is 27.4 Å². The number of aliphatic carboxylic acids is 2. The summed E-state index contributed by atoms with van der Waals surface area (Å²) in [4.78, 5) is 62.3. The smallest absolute Gasteiger partial charge is 0.550 e. The molecule has 14 heteroatoms. The van der Waals surface area contributed by atoms with Gasteiger partial charge in [-0.1, -0.05) is 0 Å². The summed E-state index contributed by atoms with van der Waals surface area (Å²) in [6.07, 6.45) is -22.9. The Labute approximate surface area is 231 Å². The van der Waals surface area contributed by atoms with Crippen molar-refractivity contribution in [1.82, 2.24) is 0 Å². The first-order valence-corrected chi connectivity index (χ1v) is 7.10. The van der Waals surface area contributed by atoms with Crippen LogP contribution in [0.5, 0.6) is 0 Å². The van der Waals surface area contributed by atoms with E-state index in [1.807, 2.05) is 0 Å². The van der Waals surface area contributed by atoms with Crippen molar-refractivity contribution in [2.45, 2.75) is 51.0 Å². The van der Waals surface area contributed by atoms with E-state index in [1.165, 1.54) is 7.11 Å². The van der Waals surface area contributed by atoms with Crippen LogP contribution in [0.3, 0.4) is 0 Å². The molecule has 0 atom stereocenters. The first-order chi connectivity index (χ1) is 21.0. The Bertz CT molecular complexity index is 1170. The first-order valence-electron chi connectivity index (χ1n) is 15.5. The molecule has 3 N–H and O–H groups in total. The molecule has 0 amide bonds. The number of ether oxygens (including phenoxy) is 3. The number of rotatable bonds is 6. The molecule has 0 saturated carbocycles. The number of hydrogen-bond donors (Lipinski definition) is 3. The number of carboxylic acid groups (broad SMARTS) is 2. The first kappa shape index (κ1) is 13.6. The molecule has 2 rings (SSSR count). The number of methoxy groups -OCH3 is 1. The Morgan fingerprint density at radius 2 is 1.66 bits per heavy atom. The van der Waals surface area contributed by atoms with Gasteiger partial charge in [0.05, 0.1) is 39.2 Å². The fraction of sp³-hybridized carbons (Fsp3) is 0.667. The molecule has 0 spiro atoms.